The molecule has 14 heteroatoms. The number of halogens is 3. The van der Waals surface area contributed by atoms with Crippen LogP contribution < -0.4 is 16.0 Å². The highest BCUT2D eigenvalue weighted by Crippen LogP contribution is 2.37. The quantitative estimate of drug-likeness (QED) is 0.223. The van der Waals surface area contributed by atoms with Crippen molar-refractivity contribution >= 4 is 29.2 Å². The molecule has 2 amide bonds. The van der Waals surface area contributed by atoms with E-state index in [2.05, 4.69) is 36.9 Å². The summed E-state index contributed by atoms with van der Waals surface area (Å²) in [5, 5.41) is 12.3. The van der Waals surface area contributed by atoms with Gasteiger partial charge in [-0.05, 0) is 57.9 Å². The summed E-state index contributed by atoms with van der Waals surface area (Å²) >= 11 is 0. The Hall–Kier alpha value is -5.06. The van der Waals surface area contributed by atoms with E-state index in [0.717, 1.165) is 10.2 Å². The molecule has 11 nitrogen and oxygen atoms in total. The van der Waals surface area contributed by atoms with Crippen LogP contribution in [0.15, 0.2) is 43.0 Å². The van der Waals surface area contributed by atoms with Crippen LogP contribution in [0.5, 0.6) is 0 Å². The van der Waals surface area contributed by atoms with Gasteiger partial charge in [-0.3, -0.25) is 13.9 Å². The molecular weight excluding hydrogens is 577 g/mol. The summed E-state index contributed by atoms with van der Waals surface area (Å²) in [6.07, 6.45) is 6.04. The molecule has 1 aromatic carbocycles. The second-order valence-electron chi connectivity index (χ2n) is 11.0. The third kappa shape index (κ3) is 7.47. The van der Waals surface area contributed by atoms with Gasteiger partial charge in [0.1, 0.15) is 12.1 Å². The topological polar surface area (TPSA) is 127 Å². The monoisotopic (exact) mass is 610 g/mol. The van der Waals surface area contributed by atoms with Gasteiger partial charge in [-0.25, -0.2) is 14.8 Å². The van der Waals surface area contributed by atoms with Crippen molar-refractivity contribution in [2.24, 2.45) is 0 Å². The molecule has 0 aliphatic heterocycles. The number of anilines is 2. The molecule has 0 aliphatic carbocycles. The minimum atomic E-state index is -4.70. The number of amides is 2. The van der Waals surface area contributed by atoms with Gasteiger partial charge < -0.3 is 20.7 Å². The number of alkyl carbamates (subject to hydrolysis) is 1. The van der Waals surface area contributed by atoms with Gasteiger partial charge in [-0.1, -0.05) is 12.8 Å². The van der Waals surface area contributed by atoms with Crippen LogP contribution in [-0.2, 0) is 23.9 Å². The molecule has 0 bridgehead atoms. The van der Waals surface area contributed by atoms with E-state index in [0.29, 0.717) is 23.5 Å². The number of carbonyl (C=O) groups excluding carboxylic acids is 2. The van der Waals surface area contributed by atoms with Crippen molar-refractivity contribution < 1.29 is 27.5 Å². The molecule has 0 radical (unpaired) electrons. The van der Waals surface area contributed by atoms with Gasteiger partial charge in [0.05, 0.1) is 17.5 Å². The zero-order valence-electron chi connectivity index (χ0n) is 24.9. The van der Waals surface area contributed by atoms with Crippen LogP contribution in [0.3, 0.4) is 0 Å². The van der Waals surface area contributed by atoms with E-state index in [1.54, 1.807) is 45.9 Å². The lowest BCUT2D eigenvalue weighted by molar-refractivity contribution is -0.141. The fourth-order valence-electron chi connectivity index (χ4n) is 4.42. The van der Waals surface area contributed by atoms with E-state index in [9.17, 15) is 22.8 Å². The van der Waals surface area contributed by atoms with Gasteiger partial charge in [0.15, 0.2) is 17.2 Å². The number of imidazole rings is 1. The van der Waals surface area contributed by atoms with Gasteiger partial charge in [-0.2, -0.15) is 18.3 Å². The number of benzene rings is 1. The Morgan fingerprint density at radius 2 is 1.93 bits per heavy atom. The fraction of sp³-hybridized carbons (Fsp3) is 0.367. The second kappa shape index (κ2) is 12.7. The van der Waals surface area contributed by atoms with E-state index in [4.69, 9.17) is 11.2 Å². The zero-order chi connectivity index (χ0) is 32.2. The van der Waals surface area contributed by atoms with E-state index in [1.807, 2.05) is 6.92 Å². The Kier molecular flexibility index (Phi) is 9.17. The molecule has 0 unspecified atom stereocenters. The number of ether oxygens (including phenoxy) is 1. The molecule has 3 aromatic heterocycles. The highest BCUT2D eigenvalue weighted by Gasteiger charge is 2.38. The number of hydrogen-bond acceptors (Lipinski definition) is 7. The van der Waals surface area contributed by atoms with Crippen LogP contribution in [0.1, 0.15) is 56.2 Å². The van der Waals surface area contributed by atoms with Crippen molar-refractivity contribution in [1.29, 1.82) is 0 Å². The lowest BCUT2D eigenvalue weighted by Crippen LogP contribution is -2.43. The van der Waals surface area contributed by atoms with Crippen LogP contribution in [0, 0.1) is 12.3 Å². The van der Waals surface area contributed by atoms with Crippen LogP contribution in [0.2, 0.25) is 0 Å². The molecular formula is C30H33F3N8O3. The van der Waals surface area contributed by atoms with Crippen molar-refractivity contribution in [3.63, 3.8) is 0 Å². The van der Waals surface area contributed by atoms with Crippen molar-refractivity contribution in [3.05, 3.63) is 59.8 Å². The molecule has 4 aromatic rings. The zero-order valence-corrected chi connectivity index (χ0v) is 24.9. The third-order valence-electron chi connectivity index (χ3n) is 6.31. The number of terminal acetylenes is 1. The molecule has 3 N–H and O–H groups in total. The highest BCUT2D eigenvalue weighted by molar-refractivity contribution is 5.96. The molecule has 3 heterocycles. The van der Waals surface area contributed by atoms with Gasteiger partial charge in [0.25, 0.3) is 5.91 Å². The number of nitrogens with one attached hydrogen (secondary N) is 3. The fourth-order valence-corrected chi connectivity index (χ4v) is 4.42. The van der Waals surface area contributed by atoms with Gasteiger partial charge in [0, 0.05) is 42.4 Å². The molecule has 4 rings (SSSR count). The molecule has 0 spiro atoms. The summed E-state index contributed by atoms with van der Waals surface area (Å²) in [5.41, 5.74) is 0.373. The summed E-state index contributed by atoms with van der Waals surface area (Å²) < 4.78 is 49.1. The normalized spacial score (nSPS) is 12.4. The Morgan fingerprint density at radius 3 is 2.59 bits per heavy atom. The summed E-state index contributed by atoms with van der Waals surface area (Å²) in [5.74, 6) is 2.27. The Balaban J connectivity index is 1.53. The van der Waals surface area contributed by atoms with Crippen molar-refractivity contribution in [2.45, 2.75) is 65.4 Å². The number of aryl methyl sites for hydroxylation is 1. The predicted molar refractivity (Wildman–Crippen MR) is 158 cm³/mol. The third-order valence-corrected chi connectivity index (χ3v) is 6.31. The Morgan fingerprint density at radius 1 is 1.18 bits per heavy atom. The van der Waals surface area contributed by atoms with Crippen LogP contribution >= 0.6 is 0 Å². The maximum Gasteiger partial charge on any atom is 0.435 e. The molecule has 0 aliphatic rings. The first kappa shape index (κ1) is 31.9. The van der Waals surface area contributed by atoms with Crippen LogP contribution in [-0.4, -0.2) is 54.3 Å². The minimum absolute atomic E-state index is 0.121. The minimum Gasteiger partial charge on any atom is -0.444 e. The first-order valence-electron chi connectivity index (χ1n) is 13.8. The lowest BCUT2D eigenvalue weighted by Gasteiger charge is -2.21. The molecule has 232 valence electrons. The highest BCUT2D eigenvalue weighted by atomic mass is 19.4. The van der Waals surface area contributed by atoms with Crippen molar-refractivity contribution in [1.82, 2.24) is 34.8 Å². The van der Waals surface area contributed by atoms with Gasteiger partial charge in [0.2, 0.25) is 0 Å². The first-order chi connectivity index (χ1) is 20.7. The molecule has 0 saturated carbocycles. The number of rotatable bonds is 9. The Labute approximate surface area is 252 Å². The summed E-state index contributed by atoms with van der Waals surface area (Å²) in [6.45, 7) is 9.01. The standard InChI is InChI=1S/C30H33F3N8O3/c1-7-12-40-17-22(24(39-40)30(31,32)33)23-16-35-26-25(34-11-13-41(23)26)38-20-9-10-21(19(8-2)14-20)27(42)37-18(3)15-36-28(43)44-29(4,5)6/h1,9-11,13-14,16-18H,8,12,15H2,2-6H3,(H,34,38)(H,36,43)(H,37,42)/t18-/m1/s1. The van der Waals surface area contributed by atoms with E-state index in [1.165, 1.54) is 29.2 Å². The SMILES string of the molecule is C#CCn1cc(-c2cnc3c(Nc4ccc(C(=O)N[C@H](C)CNC(=O)OC(C)(C)C)c(CC)c4)nccn23)c(C(F)(F)F)n1. The summed E-state index contributed by atoms with van der Waals surface area (Å²) in [4.78, 5) is 33.6. The number of fused-ring (bicyclic) bond motifs is 1. The van der Waals surface area contributed by atoms with Crippen molar-refractivity contribution in [2.75, 3.05) is 11.9 Å². The van der Waals surface area contributed by atoms with E-state index >= 15 is 0 Å². The number of aromatic nitrogens is 5. The number of carbonyl (C=O) groups is 2. The maximum atomic E-state index is 13.8. The molecule has 0 saturated heterocycles. The second-order valence-corrected chi connectivity index (χ2v) is 11.0. The molecule has 1 atom stereocenters. The van der Waals surface area contributed by atoms with E-state index in [-0.39, 0.29) is 41.9 Å². The maximum absolute atomic E-state index is 13.8. The smallest absolute Gasteiger partial charge is 0.435 e. The van der Waals surface area contributed by atoms with Gasteiger partial charge >= 0.3 is 12.3 Å². The van der Waals surface area contributed by atoms with E-state index < -0.39 is 23.6 Å². The molecule has 44 heavy (non-hydrogen) atoms. The predicted octanol–water partition coefficient (Wildman–Crippen LogP) is 5.19. The largest absolute Gasteiger partial charge is 0.444 e. The molecule has 0 fully saturated rings. The van der Waals surface area contributed by atoms with Crippen molar-refractivity contribution in [3.8, 4) is 23.6 Å². The first-order valence-corrected chi connectivity index (χ1v) is 13.8. The lowest BCUT2D eigenvalue weighted by atomic mass is 10.0. The Bertz CT molecular complexity index is 1710. The summed E-state index contributed by atoms with van der Waals surface area (Å²) in [7, 11) is 0. The van der Waals surface area contributed by atoms with Crippen LogP contribution in [0.4, 0.5) is 29.5 Å². The average molecular weight is 611 g/mol. The number of nitrogens with zero attached hydrogens (tertiary/aromatic N) is 5. The van der Waals surface area contributed by atoms with Crippen LogP contribution in [0.25, 0.3) is 16.9 Å². The summed E-state index contributed by atoms with van der Waals surface area (Å²) in [6, 6.07) is 4.78. The number of hydrogen-bond donors (Lipinski definition) is 3. The number of alkyl halides is 3. The van der Waals surface area contributed by atoms with Gasteiger partial charge in [-0.15, -0.1) is 6.42 Å². The average Bonchev–Trinajstić information content (AvgIpc) is 3.56.